The molecule has 0 spiro atoms. The summed E-state index contributed by atoms with van der Waals surface area (Å²) in [5.41, 5.74) is 5.39. The van der Waals surface area contributed by atoms with E-state index in [0.29, 0.717) is 13.0 Å². The van der Waals surface area contributed by atoms with Crippen LogP contribution in [0.2, 0.25) is 0 Å². The summed E-state index contributed by atoms with van der Waals surface area (Å²) in [7, 11) is 0. The second-order valence-corrected chi connectivity index (χ2v) is 10.2. The highest BCUT2D eigenvalue weighted by atomic mass is 16.5. The van der Waals surface area contributed by atoms with Crippen LogP contribution in [0.3, 0.4) is 0 Å². The van der Waals surface area contributed by atoms with Crippen LogP contribution in [0.5, 0.6) is 5.75 Å². The number of benzene rings is 2. The molecule has 35 heavy (non-hydrogen) atoms. The van der Waals surface area contributed by atoms with E-state index in [1.54, 1.807) is 0 Å². The van der Waals surface area contributed by atoms with Gasteiger partial charge in [0.05, 0.1) is 12.2 Å². The summed E-state index contributed by atoms with van der Waals surface area (Å²) in [6.45, 7) is 9.28. The Bertz CT molecular complexity index is 1030. The van der Waals surface area contributed by atoms with Gasteiger partial charge in [-0.15, -0.1) is 0 Å². The minimum atomic E-state index is -0.758. The minimum Gasteiger partial charge on any atom is -0.493 e. The summed E-state index contributed by atoms with van der Waals surface area (Å²) >= 11 is 0. The van der Waals surface area contributed by atoms with Crippen molar-refractivity contribution in [3.05, 3.63) is 70.3 Å². The molecule has 190 valence electrons. The summed E-state index contributed by atoms with van der Waals surface area (Å²) in [5, 5.41) is 19.5. The smallest absolute Gasteiger partial charge is 0.303 e. The van der Waals surface area contributed by atoms with E-state index in [4.69, 9.17) is 9.84 Å². The highest BCUT2D eigenvalue weighted by Gasteiger charge is 2.32. The standard InChI is InChI=1S/C31H42O4/c1-5-31(6-2,27-14-15-28(24(4)22-27)35-20-10-7-11-29(32)33)26-13-12-25(23(3)21-26)16-19-30(34)17-8-9-18-30/h12-16,19,21-22,34H,5-11,17-18,20H2,1-4H3,(H,32,33). The predicted molar refractivity (Wildman–Crippen MR) is 143 cm³/mol. The lowest BCUT2D eigenvalue weighted by molar-refractivity contribution is -0.137. The lowest BCUT2D eigenvalue weighted by atomic mass is 9.70. The molecule has 4 heteroatoms. The van der Waals surface area contributed by atoms with Crippen LogP contribution in [0.15, 0.2) is 42.5 Å². The average molecular weight is 479 g/mol. The van der Waals surface area contributed by atoms with E-state index >= 15 is 0 Å². The van der Waals surface area contributed by atoms with Gasteiger partial charge >= 0.3 is 5.97 Å². The number of unbranched alkanes of at least 4 members (excludes halogenated alkanes) is 1. The second kappa shape index (κ2) is 11.9. The van der Waals surface area contributed by atoms with Crippen molar-refractivity contribution in [3.63, 3.8) is 0 Å². The van der Waals surface area contributed by atoms with Gasteiger partial charge in [0.2, 0.25) is 0 Å². The van der Waals surface area contributed by atoms with Crippen LogP contribution in [0.4, 0.5) is 0 Å². The lowest BCUT2D eigenvalue weighted by Crippen LogP contribution is -2.26. The summed E-state index contributed by atoms with van der Waals surface area (Å²) in [4.78, 5) is 10.7. The zero-order valence-corrected chi connectivity index (χ0v) is 21.9. The van der Waals surface area contributed by atoms with E-state index in [1.165, 1.54) is 16.7 Å². The largest absolute Gasteiger partial charge is 0.493 e. The lowest BCUT2D eigenvalue weighted by Gasteiger charge is -2.34. The van der Waals surface area contributed by atoms with Crippen molar-refractivity contribution in [2.45, 2.75) is 96.5 Å². The number of hydrogen-bond donors (Lipinski definition) is 2. The number of carboxylic acids is 1. The molecule has 1 aliphatic carbocycles. The van der Waals surface area contributed by atoms with Gasteiger partial charge in [-0.1, -0.05) is 69.2 Å². The van der Waals surface area contributed by atoms with Crippen LogP contribution < -0.4 is 4.74 Å². The first kappa shape index (κ1) is 27.0. The number of aliphatic carboxylic acids is 1. The Balaban J connectivity index is 1.79. The Morgan fingerprint density at radius 1 is 1.00 bits per heavy atom. The molecule has 0 aliphatic heterocycles. The number of aliphatic hydroxyl groups is 1. The third-order valence-corrected chi connectivity index (χ3v) is 7.84. The number of hydrogen-bond acceptors (Lipinski definition) is 3. The van der Waals surface area contributed by atoms with E-state index in [9.17, 15) is 9.90 Å². The normalized spacial score (nSPS) is 15.6. The maximum absolute atomic E-state index is 10.7. The molecule has 0 bridgehead atoms. The average Bonchev–Trinajstić information content (AvgIpc) is 3.27. The van der Waals surface area contributed by atoms with Crippen molar-refractivity contribution in [1.29, 1.82) is 0 Å². The van der Waals surface area contributed by atoms with Crippen LogP contribution in [0.25, 0.3) is 6.08 Å². The van der Waals surface area contributed by atoms with Gasteiger partial charge in [-0.05, 0) is 86.3 Å². The summed E-state index contributed by atoms with van der Waals surface area (Å²) < 4.78 is 5.95. The topological polar surface area (TPSA) is 66.8 Å². The predicted octanol–water partition coefficient (Wildman–Crippen LogP) is 7.36. The van der Waals surface area contributed by atoms with Crippen LogP contribution >= 0.6 is 0 Å². The monoisotopic (exact) mass is 478 g/mol. The van der Waals surface area contributed by atoms with E-state index in [1.807, 2.05) is 6.08 Å². The van der Waals surface area contributed by atoms with Crippen LogP contribution in [-0.4, -0.2) is 28.4 Å². The molecule has 2 N–H and O–H groups in total. The summed E-state index contributed by atoms with van der Waals surface area (Å²) in [6, 6.07) is 13.3. The van der Waals surface area contributed by atoms with E-state index < -0.39 is 11.6 Å². The van der Waals surface area contributed by atoms with Crippen molar-refractivity contribution in [3.8, 4) is 5.75 Å². The first-order valence-corrected chi connectivity index (χ1v) is 13.2. The molecule has 0 saturated heterocycles. The SMILES string of the molecule is CCC(CC)(c1ccc(C=CC2(O)CCCC2)c(C)c1)c1ccc(OCCCCC(=O)O)c(C)c1. The molecular formula is C31H42O4. The fourth-order valence-electron chi connectivity index (χ4n) is 5.46. The van der Waals surface area contributed by atoms with Crippen LogP contribution in [-0.2, 0) is 10.2 Å². The van der Waals surface area contributed by atoms with Crippen LogP contribution in [0.1, 0.15) is 99.5 Å². The van der Waals surface area contributed by atoms with Crippen molar-refractivity contribution in [1.82, 2.24) is 0 Å². The third-order valence-electron chi connectivity index (χ3n) is 7.84. The molecule has 0 unspecified atom stereocenters. The maximum atomic E-state index is 10.7. The Labute approximate surface area is 211 Å². The van der Waals surface area contributed by atoms with E-state index in [-0.39, 0.29) is 11.8 Å². The van der Waals surface area contributed by atoms with Gasteiger partial charge in [0.1, 0.15) is 5.75 Å². The third kappa shape index (κ3) is 6.55. The van der Waals surface area contributed by atoms with E-state index in [0.717, 1.165) is 61.8 Å². The molecular weight excluding hydrogens is 436 g/mol. The molecule has 4 nitrogen and oxygen atoms in total. The highest BCUT2D eigenvalue weighted by Crippen LogP contribution is 2.41. The molecule has 1 saturated carbocycles. The number of rotatable bonds is 12. The first-order valence-electron chi connectivity index (χ1n) is 13.2. The van der Waals surface area contributed by atoms with Crippen molar-refractivity contribution in [2.75, 3.05) is 6.61 Å². The Morgan fingerprint density at radius 2 is 1.63 bits per heavy atom. The number of carbonyl (C=O) groups is 1. The fourth-order valence-corrected chi connectivity index (χ4v) is 5.46. The molecule has 0 radical (unpaired) electrons. The van der Waals surface area contributed by atoms with Crippen molar-refractivity contribution in [2.24, 2.45) is 0 Å². The minimum absolute atomic E-state index is 0.0819. The number of carboxylic acid groups (broad SMARTS) is 1. The molecule has 0 amide bonds. The quantitative estimate of drug-likeness (QED) is 0.313. The van der Waals surface area contributed by atoms with Gasteiger partial charge in [-0.25, -0.2) is 0 Å². The van der Waals surface area contributed by atoms with Gasteiger partial charge in [0.15, 0.2) is 0 Å². The molecule has 0 aromatic heterocycles. The van der Waals surface area contributed by atoms with E-state index in [2.05, 4.69) is 70.2 Å². The first-order chi connectivity index (χ1) is 16.7. The molecule has 2 aromatic carbocycles. The van der Waals surface area contributed by atoms with Gasteiger partial charge in [0.25, 0.3) is 0 Å². The van der Waals surface area contributed by atoms with Crippen LogP contribution in [0, 0.1) is 13.8 Å². The second-order valence-electron chi connectivity index (χ2n) is 10.2. The Kier molecular flexibility index (Phi) is 9.18. The highest BCUT2D eigenvalue weighted by molar-refractivity contribution is 5.66. The number of aryl methyl sites for hydroxylation is 2. The van der Waals surface area contributed by atoms with Gasteiger partial charge < -0.3 is 14.9 Å². The van der Waals surface area contributed by atoms with Gasteiger partial charge in [0, 0.05) is 11.8 Å². The molecule has 0 heterocycles. The number of ether oxygens (including phenoxy) is 1. The molecule has 2 aromatic rings. The zero-order chi connectivity index (χ0) is 25.5. The Morgan fingerprint density at radius 3 is 2.20 bits per heavy atom. The van der Waals surface area contributed by atoms with Crippen molar-refractivity contribution < 1.29 is 19.7 Å². The Hall–Kier alpha value is -2.59. The molecule has 1 aliphatic rings. The molecule has 1 fully saturated rings. The maximum Gasteiger partial charge on any atom is 0.303 e. The summed E-state index contributed by atoms with van der Waals surface area (Å²) in [6.07, 6.45) is 11.5. The molecule has 3 rings (SSSR count). The fraction of sp³-hybridized carbons (Fsp3) is 0.516. The summed E-state index contributed by atoms with van der Waals surface area (Å²) in [5.74, 6) is 0.109. The van der Waals surface area contributed by atoms with Gasteiger partial charge in [-0.2, -0.15) is 0 Å². The molecule has 0 atom stereocenters. The van der Waals surface area contributed by atoms with Gasteiger partial charge in [-0.3, -0.25) is 4.79 Å². The van der Waals surface area contributed by atoms with Crippen molar-refractivity contribution >= 4 is 12.0 Å². The zero-order valence-electron chi connectivity index (χ0n) is 21.9.